The Labute approximate surface area is 116 Å². The molecule has 0 amide bonds. The lowest BCUT2D eigenvalue weighted by Gasteiger charge is -2.26. The third-order valence-corrected chi connectivity index (χ3v) is 5.29. The normalized spacial score (nSPS) is 17.5. The molecule has 106 valence electrons. The molecular weight excluding hydrogens is 258 g/mol. The monoisotopic (exact) mass is 281 g/mol. The van der Waals surface area contributed by atoms with Crippen LogP contribution in [0.25, 0.3) is 0 Å². The van der Waals surface area contributed by atoms with Gasteiger partial charge >= 0.3 is 0 Å². The Bertz CT molecular complexity index is 464. The van der Waals surface area contributed by atoms with Crippen molar-refractivity contribution in [3.8, 4) is 0 Å². The van der Waals surface area contributed by atoms with Gasteiger partial charge in [-0.2, -0.15) is 0 Å². The molecule has 1 aromatic carbocycles. The van der Waals surface area contributed by atoms with Gasteiger partial charge in [0.05, 0.1) is 11.5 Å². The molecular formula is C15H23NO2S. The average molecular weight is 281 g/mol. The predicted molar refractivity (Wildman–Crippen MR) is 78.8 cm³/mol. The minimum Gasteiger partial charge on any atom is -0.303 e. The highest BCUT2D eigenvalue weighted by atomic mass is 32.2. The van der Waals surface area contributed by atoms with Crippen LogP contribution in [-0.2, 0) is 15.6 Å². The maximum atomic E-state index is 12.0. The molecule has 1 fully saturated rings. The lowest BCUT2D eigenvalue weighted by molar-refractivity contribution is 0.229. The summed E-state index contributed by atoms with van der Waals surface area (Å²) in [5.41, 5.74) is 0.889. The Balaban J connectivity index is 1.74. The first-order valence-electron chi connectivity index (χ1n) is 7.12. The summed E-state index contributed by atoms with van der Waals surface area (Å²) in [6, 6.07) is 9.44. The van der Waals surface area contributed by atoms with E-state index < -0.39 is 9.84 Å². The SMILES string of the molecule is O=S(=O)(CCCN1CCCCC1)Cc1ccccc1. The Morgan fingerprint density at radius 2 is 1.68 bits per heavy atom. The van der Waals surface area contributed by atoms with Gasteiger partial charge in [-0.05, 0) is 44.5 Å². The standard InChI is InChI=1S/C15H23NO2S/c17-19(18,14-15-8-3-1-4-9-15)13-7-12-16-10-5-2-6-11-16/h1,3-4,8-9H,2,5-7,10-14H2. The van der Waals surface area contributed by atoms with E-state index in [0.29, 0.717) is 5.75 Å². The largest absolute Gasteiger partial charge is 0.303 e. The molecule has 2 rings (SSSR count). The number of likely N-dealkylation sites (tertiary alicyclic amines) is 1. The van der Waals surface area contributed by atoms with Crippen molar-refractivity contribution in [2.24, 2.45) is 0 Å². The van der Waals surface area contributed by atoms with Gasteiger partial charge in [-0.15, -0.1) is 0 Å². The Kier molecular flexibility index (Phi) is 5.40. The summed E-state index contributed by atoms with van der Waals surface area (Å²) in [5, 5.41) is 0. The summed E-state index contributed by atoms with van der Waals surface area (Å²) in [7, 11) is -2.96. The number of nitrogens with zero attached hydrogens (tertiary/aromatic N) is 1. The summed E-state index contributed by atoms with van der Waals surface area (Å²) in [6.45, 7) is 3.20. The fraction of sp³-hybridized carbons (Fsp3) is 0.600. The van der Waals surface area contributed by atoms with Gasteiger partial charge in [0.2, 0.25) is 0 Å². The van der Waals surface area contributed by atoms with E-state index in [-0.39, 0.29) is 5.75 Å². The minimum atomic E-state index is -2.96. The van der Waals surface area contributed by atoms with Crippen molar-refractivity contribution in [1.29, 1.82) is 0 Å². The van der Waals surface area contributed by atoms with Crippen LogP contribution in [0.15, 0.2) is 30.3 Å². The maximum absolute atomic E-state index is 12.0. The van der Waals surface area contributed by atoms with Crippen LogP contribution in [0.1, 0.15) is 31.2 Å². The first-order chi connectivity index (χ1) is 9.16. The smallest absolute Gasteiger partial charge is 0.154 e. The molecule has 0 atom stereocenters. The van der Waals surface area contributed by atoms with Crippen molar-refractivity contribution < 1.29 is 8.42 Å². The maximum Gasteiger partial charge on any atom is 0.154 e. The van der Waals surface area contributed by atoms with Crippen LogP contribution < -0.4 is 0 Å². The van der Waals surface area contributed by atoms with E-state index >= 15 is 0 Å². The van der Waals surface area contributed by atoms with Crippen LogP contribution in [0.5, 0.6) is 0 Å². The van der Waals surface area contributed by atoms with Gasteiger partial charge in [0.15, 0.2) is 9.84 Å². The average Bonchev–Trinajstić information content (AvgIpc) is 2.40. The Hall–Kier alpha value is -0.870. The van der Waals surface area contributed by atoms with E-state index in [1.54, 1.807) is 0 Å². The van der Waals surface area contributed by atoms with Crippen molar-refractivity contribution in [3.63, 3.8) is 0 Å². The second kappa shape index (κ2) is 7.06. The van der Waals surface area contributed by atoms with Gasteiger partial charge < -0.3 is 4.90 Å². The molecule has 0 aliphatic carbocycles. The predicted octanol–water partition coefficient (Wildman–Crippen LogP) is 2.48. The molecule has 0 saturated carbocycles. The highest BCUT2D eigenvalue weighted by Crippen LogP contribution is 2.11. The molecule has 0 N–H and O–H groups in total. The fourth-order valence-corrected chi connectivity index (χ4v) is 4.00. The number of hydrogen-bond donors (Lipinski definition) is 0. The minimum absolute atomic E-state index is 0.174. The number of rotatable bonds is 6. The van der Waals surface area contributed by atoms with E-state index in [2.05, 4.69) is 4.90 Å². The molecule has 19 heavy (non-hydrogen) atoms. The molecule has 0 unspecified atom stereocenters. The third kappa shape index (κ3) is 5.33. The van der Waals surface area contributed by atoms with Gasteiger partial charge in [-0.25, -0.2) is 8.42 Å². The van der Waals surface area contributed by atoms with Crippen LogP contribution in [0.4, 0.5) is 0 Å². The van der Waals surface area contributed by atoms with E-state index in [1.165, 1.54) is 19.3 Å². The van der Waals surface area contributed by atoms with Gasteiger partial charge in [0.25, 0.3) is 0 Å². The molecule has 1 heterocycles. The Morgan fingerprint density at radius 3 is 2.37 bits per heavy atom. The molecule has 1 aromatic rings. The molecule has 1 saturated heterocycles. The summed E-state index contributed by atoms with van der Waals surface area (Å²) < 4.78 is 24.0. The zero-order valence-electron chi connectivity index (χ0n) is 11.4. The molecule has 0 aromatic heterocycles. The second-order valence-electron chi connectivity index (χ2n) is 5.33. The summed E-state index contributed by atoms with van der Waals surface area (Å²) in [6.07, 6.45) is 4.60. The van der Waals surface area contributed by atoms with Gasteiger partial charge in [-0.1, -0.05) is 36.8 Å². The summed E-state index contributed by atoms with van der Waals surface area (Å²) >= 11 is 0. The topological polar surface area (TPSA) is 37.4 Å². The van der Waals surface area contributed by atoms with Crippen LogP contribution in [0, 0.1) is 0 Å². The van der Waals surface area contributed by atoms with E-state index in [1.807, 2.05) is 30.3 Å². The summed E-state index contributed by atoms with van der Waals surface area (Å²) in [5.74, 6) is 0.478. The molecule has 3 nitrogen and oxygen atoms in total. The number of hydrogen-bond acceptors (Lipinski definition) is 3. The zero-order valence-corrected chi connectivity index (χ0v) is 12.2. The van der Waals surface area contributed by atoms with Crippen LogP contribution in [-0.4, -0.2) is 38.7 Å². The highest BCUT2D eigenvalue weighted by molar-refractivity contribution is 7.90. The van der Waals surface area contributed by atoms with Crippen LogP contribution in [0.2, 0.25) is 0 Å². The van der Waals surface area contributed by atoms with Crippen molar-refractivity contribution in [1.82, 2.24) is 4.90 Å². The highest BCUT2D eigenvalue weighted by Gasteiger charge is 2.14. The lowest BCUT2D eigenvalue weighted by Crippen LogP contribution is -2.31. The molecule has 0 radical (unpaired) electrons. The molecule has 1 aliphatic heterocycles. The van der Waals surface area contributed by atoms with E-state index in [4.69, 9.17) is 0 Å². The van der Waals surface area contributed by atoms with Gasteiger partial charge in [0, 0.05) is 0 Å². The number of sulfone groups is 1. The van der Waals surface area contributed by atoms with E-state index in [0.717, 1.165) is 31.6 Å². The summed E-state index contributed by atoms with van der Waals surface area (Å²) in [4.78, 5) is 2.39. The third-order valence-electron chi connectivity index (χ3n) is 3.61. The molecule has 4 heteroatoms. The second-order valence-corrected chi connectivity index (χ2v) is 7.52. The van der Waals surface area contributed by atoms with Crippen molar-refractivity contribution in [3.05, 3.63) is 35.9 Å². The van der Waals surface area contributed by atoms with Crippen molar-refractivity contribution in [2.75, 3.05) is 25.4 Å². The first-order valence-corrected chi connectivity index (χ1v) is 8.94. The van der Waals surface area contributed by atoms with Gasteiger partial charge in [0.1, 0.15) is 0 Å². The zero-order chi connectivity index (χ0) is 13.6. The van der Waals surface area contributed by atoms with Crippen molar-refractivity contribution >= 4 is 9.84 Å². The lowest BCUT2D eigenvalue weighted by atomic mass is 10.1. The van der Waals surface area contributed by atoms with Crippen LogP contribution >= 0.6 is 0 Å². The number of benzene rings is 1. The quantitative estimate of drug-likeness (QED) is 0.804. The Morgan fingerprint density at radius 1 is 1.00 bits per heavy atom. The van der Waals surface area contributed by atoms with Crippen molar-refractivity contribution in [2.45, 2.75) is 31.4 Å². The molecule has 0 bridgehead atoms. The van der Waals surface area contributed by atoms with E-state index in [9.17, 15) is 8.42 Å². The fourth-order valence-electron chi connectivity index (χ4n) is 2.59. The molecule has 0 spiro atoms. The molecule has 1 aliphatic rings. The first kappa shape index (κ1) is 14.5. The number of piperidine rings is 1. The van der Waals surface area contributed by atoms with Crippen LogP contribution in [0.3, 0.4) is 0 Å². The van der Waals surface area contributed by atoms with Gasteiger partial charge in [-0.3, -0.25) is 0 Å².